The lowest BCUT2D eigenvalue weighted by molar-refractivity contribution is 0.393. The van der Waals surface area contributed by atoms with E-state index in [0.29, 0.717) is 11.5 Å². The summed E-state index contributed by atoms with van der Waals surface area (Å²) in [5.74, 6) is 1.13. The Hall–Kier alpha value is -3.92. The maximum absolute atomic E-state index is 9.46. The number of aromatic nitrogens is 4. The van der Waals surface area contributed by atoms with Crippen molar-refractivity contribution in [2.75, 3.05) is 14.2 Å². The lowest BCUT2D eigenvalue weighted by atomic mass is 9.91. The maximum Gasteiger partial charge on any atom is 0.122 e. The summed E-state index contributed by atoms with van der Waals surface area (Å²) < 4.78 is 12.6. The molecule has 0 saturated carbocycles. The molecular weight excluding hydrogens is 378 g/mol. The largest absolute Gasteiger partial charge is 0.497 e. The summed E-state index contributed by atoms with van der Waals surface area (Å²) >= 11 is 0. The van der Waals surface area contributed by atoms with Gasteiger partial charge in [0.05, 0.1) is 38.2 Å². The van der Waals surface area contributed by atoms with Gasteiger partial charge in [-0.2, -0.15) is 10.4 Å². The van der Waals surface area contributed by atoms with Gasteiger partial charge in [-0.3, -0.25) is 14.6 Å². The summed E-state index contributed by atoms with van der Waals surface area (Å²) in [6.45, 7) is 0. The molecule has 0 amide bonds. The van der Waals surface area contributed by atoms with E-state index in [9.17, 15) is 5.26 Å². The lowest BCUT2D eigenvalue weighted by Gasteiger charge is -2.17. The number of fused-ring (bicyclic) bond motifs is 1. The Morgan fingerprint density at radius 1 is 0.967 bits per heavy atom. The molecule has 0 saturated heterocycles. The second-order valence-corrected chi connectivity index (χ2v) is 6.99. The van der Waals surface area contributed by atoms with Gasteiger partial charge >= 0.3 is 0 Å². The molecule has 1 aromatic carbocycles. The van der Waals surface area contributed by atoms with Crippen molar-refractivity contribution in [3.05, 3.63) is 66.4 Å². The minimum Gasteiger partial charge on any atom is -0.497 e. The van der Waals surface area contributed by atoms with Crippen LogP contribution in [0.3, 0.4) is 0 Å². The Bertz CT molecular complexity index is 1220. The van der Waals surface area contributed by atoms with E-state index in [1.54, 1.807) is 25.1 Å². The zero-order chi connectivity index (χ0) is 21.1. The van der Waals surface area contributed by atoms with Crippen molar-refractivity contribution in [2.24, 2.45) is 7.05 Å². The maximum atomic E-state index is 9.46. The standard InChI is InChI=1S/C23H21N5O2/c1-28-14-18(12-27-28)17-6-16-9-22(26-13-23(16)25-11-17)21(4-5-24)15-7-19(29-2)10-20(8-15)30-3/h6-14,21H,4H2,1-3H3. The van der Waals surface area contributed by atoms with Gasteiger partial charge in [-0.25, -0.2) is 0 Å². The molecule has 1 atom stereocenters. The van der Waals surface area contributed by atoms with Crippen LogP contribution in [0.2, 0.25) is 0 Å². The van der Waals surface area contributed by atoms with Crippen molar-refractivity contribution in [1.29, 1.82) is 5.26 Å². The van der Waals surface area contributed by atoms with E-state index in [2.05, 4.69) is 27.2 Å². The van der Waals surface area contributed by atoms with Crippen molar-refractivity contribution in [2.45, 2.75) is 12.3 Å². The van der Waals surface area contributed by atoms with Crippen LogP contribution in [0, 0.1) is 11.3 Å². The Morgan fingerprint density at radius 2 is 1.73 bits per heavy atom. The molecular formula is C23H21N5O2. The van der Waals surface area contributed by atoms with Crippen LogP contribution in [0.25, 0.3) is 22.0 Å². The van der Waals surface area contributed by atoms with Gasteiger partial charge < -0.3 is 9.47 Å². The summed E-state index contributed by atoms with van der Waals surface area (Å²) in [5.41, 5.74) is 4.48. The molecule has 0 aliphatic heterocycles. The Morgan fingerprint density at radius 3 is 2.37 bits per heavy atom. The van der Waals surface area contributed by atoms with E-state index >= 15 is 0 Å². The molecule has 150 valence electrons. The van der Waals surface area contributed by atoms with Crippen LogP contribution < -0.4 is 9.47 Å². The topological polar surface area (TPSA) is 85.9 Å². The van der Waals surface area contributed by atoms with E-state index in [1.165, 1.54) is 0 Å². The quantitative estimate of drug-likeness (QED) is 0.485. The molecule has 30 heavy (non-hydrogen) atoms. The van der Waals surface area contributed by atoms with Gasteiger partial charge in [0, 0.05) is 60.1 Å². The normalized spacial score (nSPS) is 11.8. The first-order valence-electron chi connectivity index (χ1n) is 9.46. The molecule has 3 aromatic heterocycles. The number of pyridine rings is 2. The fourth-order valence-electron chi connectivity index (χ4n) is 3.48. The third-order valence-corrected chi connectivity index (χ3v) is 5.06. The van der Waals surface area contributed by atoms with Crippen LogP contribution in [-0.2, 0) is 7.05 Å². The number of ether oxygens (including phenoxy) is 2. The fourth-order valence-corrected chi connectivity index (χ4v) is 3.48. The van der Waals surface area contributed by atoms with Gasteiger partial charge in [0.1, 0.15) is 11.5 Å². The first kappa shape index (κ1) is 19.4. The van der Waals surface area contributed by atoms with Gasteiger partial charge in [-0.1, -0.05) is 0 Å². The molecule has 0 fully saturated rings. The minimum absolute atomic E-state index is 0.217. The van der Waals surface area contributed by atoms with Gasteiger partial charge in [0.15, 0.2) is 0 Å². The second-order valence-electron chi connectivity index (χ2n) is 6.99. The van der Waals surface area contributed by atoms with Gasteiger partial charge in [0.25, 0.3) is 0 Å². The van der Waals surface area contributed by atoms with Crippen molar-refractivity contribution in [3.8, 4) is 28.7 Å². The zero-order valence-electron chi connectivity index (χ0n) is 17.0. The average molecular weight is 399 g/mol. The Kier molecular flexibility index (Phi) is 5.31. The number of rotatable bonds is 6. The number of hydrogen-bond donors (Lipinski definition) is 0. The molecule has 4 rings (SSSR count). The molecule has 0 aliphatic carbocycles. The second kappa shape index (κ2) is 8.21. The minimum atomic E-state index is -0.217. The summed E-state index contributed by atoms with van der Waals surface area (Å²) in [6.07, 6.45) is 7.61. The van der Waals surface area contributed by atoms with E-state index in [-0.39, 0.29) is 12.3 Å². The summed E-state index contributed by atoms with van der Waals surface area (Å²) in [6, 6.07) is 12.0. The summed E-state index contributed by atoms with van der Waals surface area (Å²) in [5, 5.41) is 14.6. The predicted octanol–water partition coefficient (Wildman–Crippen LogP) is 4.09. The summed E-state index contributed by atoms with van der Waals surface area (Å²) in [7, 11) is 5.10. The molecule has 3 heterocycles. The number of methoxy groups -OCH3 is 2. The van der Waals surface area contributed by atoms with Crippen LogP contribution in [0.1, 0.15) is 23.6 Å². The smallest absolute Gasteiger partial charge is 0.122 e. The monoisotopic (exact) mass is 399 g/mol. The first-order valence-corrected chi connectivity index (χ1v) is 9.46. The van der Waals surface area contributed by atoms with Crippen molar-refractivity contribution in [1.82, 2.24) is 19.7 Å². The van der Waals surface area contributed by atoms with Crippen molar-refractivity contribution < 1.29 is 9.47 Å². The molecule has 0 bridgehead atoms. The molecule has 0 aliphatic rings. The molecule has 0 N–H and O–H groups in total. The number of aryl methyl sites for hydroxylation is 1. The van der Waals surface area contributed by atoms with E-state index in [1.807, 2.05) is 49.9 Å². The highest BCUT2D eigenvalue weighted by Gasteiger charge is 2.19. The van der Waals surface area contributed by atoms with Crippen LogP contribution in [0.5, 0.6) is 11.5 Å². The fraction of sp³-hybridized carbons (Fsp3) is 0.217. The molecule has 1 unspecified atom stereocenters. The predicted molar refractivity (Wildman–Crippen MR) is 113 cm³/mol. The van der Waals surface area contributed by atoms with Gasteiger partial charge in [0.2, 0.25) is 0 Å². The first-order chi connectivity index (χ1) is 14.6. The number of nitrogens with zero attached hydrogens (tertiary/aromatic N) is 5. The van der Waals surface area contributed by atoms with Crippen molar-refractivity contribution >= 4 is 10.9 Å². The molecule has 4 aromatic rings. The van der Waals surface area contributed by atoms with Crippen LogP contribution >= 0.6 is 0 Å². The highest BCUT2D eigenvalue weighted by atomic mass is 16.5. The third-order valence-electron chi connectivity index (χ3n) is 5.06. The highest BCUT2D eigenvalue weighted by molar-refractivity contribution is 5.83. The summed E-state index contributed by atoms with van der Waals surface area (Å²) in [4.78, 5) is 9.14. The Balaban J connectivity index is 1.80. The Labute approximate surface area is 174 Å². The zero-order valence-corrected chi connectivity index (χ0v) is 17.0. The van der Waals surface area contributed by atoms with Crippen molar-refractivity contribution in [3.63, 3.8) is 0 Å². The van der Waals surface area contributed by atoms with Gasteiger partial charge in [-0.15, -0.1) is 0 Å². The van der Waals surface area contributed by atoms with Crippen LogP contribution in [0.4, 0.5) is 0 Å². The number of benzene rings is 1. The van der Waals surface area contributed by atoms with Crippen LogP contribution in [0.15, 0.2) is 55.1 Å². The number of hydrogen-bond acceptors (Lipinski definition) is 6. The third kappa shape index (κ3) is 3.80. The molecule has 0 spiro atoms. The van der Waals surface area contributed by atoms with E-state index in [4.69, 9.17) is 9.47 Å². The van der Waals surface area contributed by atoms with Crippen LogP contribution in [-0.4, -0.2) is 34.0 Å². The SMILES string of the molecule is COc1cc(OC)cc(C(CC#N)c2cc3cc(-c4cnn(C)c4)cnc3cn2)c1. The van der Waals surface area contributed by atoms with E-state index < -0.39 is 0 Å². The lowest BCUT2D eigenvalue weighted by Crippen LogP contribution is -2.04. The number of nitriles is 1. The molecule has 0 radical (unpaired) electrons. The van der Waals surface area contributed by atoms with E-state index in [0.717, 1.165) is 33.3 Å². The molecule has 7 nitrogen and oxygen atoms in total. The average Bonchev–Trinajstić information content (AvgIpc) is 3.22. The van der Waals surface area contributed by atoms with Gasteiger partial charge in [-0.05, 0) is 29.8 Å². The molecule has 7 heteroatoms. The highest BCUT2D eigenvalue weighted by Crippen LogP contribution is 2.34.